The fourth-order valence-corrected chi connectivity index (χ4v) is 2.00. The molecular formula is C13H12N2O5S. The van der Waals surface area contributed by atoms with E-state index in [4.69, 9.17) is 20.1 Å². The molecule has 0 spiro atoms. The van der Waals surface area contributed by atoms with E-state index in [0.29, 0.717) is 5.75 Å². The van der Waals surface area contributed by atoms with Crippen molar-refractivity contribution in [3.63, 3.8) is 0 Å². The largest absolute Gasteiger partial charge is 0.478 e. The summed E-state index contributed by atoms with van der Waals surface area (Å²) in [5.41, 5.74) is 5.70. The predicted molar refractivity (Wildman–Crippen MR) is 78.7 cm³/mol. The number of carbonyl (C=O) groups is 1. The van der Waals surface area contributed by atoms with Crippen LogP contribution >= 0.6 is 0 Å². The predicted octanol–water partition coefficient (Wildman–Crippen LogP) is 2.31. The molecule has 0 aromatic heterocycles. The molecule has 0 aliphatic carbocycles. The highest BCUT2D eigenvalue weighted by Crippen LogP contribution is 2.36. The average Bonchev–Trinajstić information content (AvgIpc) is 2.42. The van der Waals surface area contributed by atoms with Gasteiger partial charge in [-0.25, -0.2) is 9.00 Å². The number of benzene rings is 2. The lowest BCUT2D eigenvalue weighted by Crippen LogP contribution is -2.07. The van der Waals surface area contributed by atoms with Crippen LogP contribution in [0.5, 0.6) is 11.5 Å². The van der Waals surface area contributed by atoms with Gasteiger partial charge < -0.3 is 15.6 Å². The molecule has 0 heterocycles. The highest BCUT2D eigenvalue weighted by molar-refractivity contribution is 7.80. The van der Waals surface area contributed by atoms with Crippen molar-refractivity contribution in [2.75, 3.05) is 10.5 Å². The van der Waals surface area contributed by atoms with Gasteiger partial charge in [-0.15, -0.1) is 0 Å². The molecule has 5 N–H and O–H groups in total. The van der Waals surface area contributed by atoms with Gasteiger partial charge in [-0.2, -0.15) is 0 Å². The molecule has 0 saturated carbocycles. The summed E-state index contributed by atoms with van der Waals surface area (Å²) in [6.07, 6.45) is 0. The zero-order valence-electron chi connectivity index (χ0n) is 10.6. The molecule has 1 unspecified atom stereocenters. The second-order valence-corrected chi connectivity index (χ2v) is 4.72. The molecule has 0 amide bonds. The Balaban J connectivity index is 2.47. The summed E-state index contributed by atoms with van der Waals surface area (Å²) < 4.78 is 27.6. The minimum Gasteiger partial charge on any atom is -0.478 e. The molecule has 0 bridgehead atoms. The van der Waals surface area contributed by atoms with Crippen LogP contribution in [0.3, 0.4) is 0 Å². The van der Waals surface area contributed by atoms with Gasteiger partial charge in [0, 0.05) is 0 Å². The Morgan fingerprint density at radius 2 is 1.90 bits per heavy atom. The summed E-state index contributed by atoms with van der Waals surface area (Å²) in [4.78, 5) is 11.0. The average molecular weight is 308 g/mol. The molecule has 2 aromatic rings. The van der Waals surface area contributed by atoms with Crippen molar-refractivity contribution in [1.29, 1.82) is 0 Å². The maximum Gasteiger partial charge on any atom is 0.335 e. The number of anilines is 2. The molecule has 21 heavy (non-hydrogen) atoms. The van der Waals surface area contributed by atoms with Crippen molar-refractivity contribution < 1.29 is 23.4 Å². The number of nitrogens with one attached hydrogen (secondary N) is 1. The van der Waals surface area contributed by atoms with E-state index in [1.165, 1.54) is 12.1 Å². The lowest BCUT2D eigenvalue weighted by Gasteiger charge is -2.14. The van der Waals surface area contributed by atoms with Crippen LogP contribution in [0.2, 0.25) is 0 Å². The van der Waals surface area contributed by atoms with E-state index in [2.05, 4.69) is 4.72 Å². The Labute approximate surface area is 122 Å². The maximum absolute atomic E-state index is 11.0. The minimum atomic E-state index is -2.39. The SMILES string of the molecule is Nc1cc(C(=O)O)cc(NS(=O)O)c1Oc1ccccc1. The van der Waals surface area contributed by atoms with Gasteiger partial charge in [0.2, 0.25) is 0 Å². The second kappa shape index (κ2) is 6.25. The molecule has 1 atom stereocenters. The zero-order chi connectivity index (χ0) is 15.4. The Morgan fingerprint density at radius 3 is 2.48 bits per heavy atom. The normalized spacial score (nSPS) is 11.7. The standard InChI is InChI=1S/C13H12N2O5S/c14-10-6-8(13(16)17)7-11(15-21(18)19)12(10)20-9-4-2-1-3-5-9/h1-7,15H,14H2,(H,16,17)(H,18,19). The molecule has 0 aliphatic heterocycles. The molecular weight excluding hydrogens is 296 g/mol. The van der Waals surface area contributed by atoms with E-state index in [0.717, 1.165) is 0 Å². The molecule has 2 aromatic carbocycles. The first-order valence-electron chi connectivity index (χ1n) is 5.74. The number of para-hydroxylation sites is 1. The quantitative estimate of drug-likeness (QED) is 0.496. The topological polar surface area (TPSA) is 122 Å². The van der Waals surface area contributed by atoms with Crippen molar-refractivity contribution >= 4 is 28.6 Å². The van der Waals surface area contributed by atoms with Crippen molar-refractivity contribution in [1.82, 2.24) is 0 Å². The summed E-state index contributed by atoms with van der Waals surface area (Å²) in [5, 5.41) is 8.99. The third kappa shape index (κ3) is 3.71. The van der Waals surface area contributed by atoms with Gasteiger partial charge in [0.15, 0.2) is 5.75 Å². The minimum absolute atomic E-state index is 0.0112. The van der Waals surface area contributed by atoms with E-state index in [1.807, 2.05) is 0 Å². The number of rotatable bonds is 5. The first kappa shape index (κ1) is 14.8. The van der Waals surface area contributed by atoms with Gasteiger partial charge in [-0.05, 0) is 24.3 Å². The summed E-state index contributed by atoms with van der Waals surface area (Å²) in [6, 6.07) is 11.0. The Morgan fingerprint density at radius 1 is 1.24 bits per heavy atom. The molecule has 8 heteroatoms. The van der Waals surface area contributed by atoms with Gasteiger partial charge in [0.05, 0.1) is 16.9 Å². The van der Waals surface area contributed by atoms with Gasteiger partial charge >= 0.3 is 5.97 Å². The first-order valence-corrected chi connectivity index (χ1v) is 6.85. The number of ether oxygens (including phenoxy) is 1. The Bertz CT molecular complexity index is 690. The number of carboxylic acid groups (broad SMARTS) is 1. The van der Waals surface area contributed by atoms with Crippen LogP contribution in [-0.2, 0) is 11.3 Å². The first-order chi connectivity index (χ1) is 9.97. The molecule has 2 rings (SSSR count). The van der Waals surface area contributed by atoms with Crippen LogP contribution < -0.4 is 15.2 Å². The fourth-order valence-electron chi connectivity index (χ4n) is 1.66. The highest BCUT2D eigenvalue weighted by Gasteiger charge is 2.16. The van der Waals surface area contributed by atoms with E-state index >= 15 is 0 Å². The number of carboxylic acids is 1. The van der Waals surface area contributed by atoms with E-state index in [9.17, 15) is 9.00 Å². The summed E-state index contributed by atoms with van der Waals surface area (Å²) in [6.45, 7) is 0. The van der Waals surface area contributed by atoms with Crippen LogP contribution in [0.25, 0.3) is 0 Å². The van der Waals surface area contributed by atoms with E-state index < -0.39 is 17.2 Å². The third-order valence-corrected chi connectivity index (χ3v) is 2.92. The number of hydrogen-bond acceptors (Lipinski definition) is 4. The van der Waals surface area contributed by atoms with Crippen LogP contribution in [0.4, 0.5) is 11.4 Å². The molecule has 110 valence electrons. The molecule has 0 radical (unpaired) electrons. The molecule has 0 aliphatic rings. The monoisotopic (exact) mass is 308 g/mol. The highest BCUT2D eigenvalue weighted by atomic mass is 32.2. The van der Waals surface area contributed by atoms with Crippen LogP contribution in [0.1, 0.15) is 10.4 Å². The second-order valence-electron chi connectivity index (χ2n) is 4.01. The van der Waals surface area contributed by atoms with Gasteiger partial charge in [0.25, 0.3) is 11.3 Å². The van der Waals surface area contributed by atoms with Crippen LogP contribution in [-0.4, -0.2) is 19.8 Å². The van der Waals surface area contributed by atoms with Crippen LogP contribution in [0.15, 0.2) is 42.5 Å². The van der Waals surface area contributed by atoms with Crippen molar-refractivity contribution in [2.45, 2.75) is 0 Å². The number of nitrogen functional groups attached to an aromatic ring is 1. The van der Waals surface area contributed by atoms with Gasteiger partial charge in [-0.3, -0.25) is 9.27 Å². The van der Waals surface area contributed by atoms with E-state index in [1.54, 1.807) is 30.3 Å². The van der Waals surface area contributed by atoms with Crippen molar-refractivity contribution in [2.24, 2.45) is 0 Å². The number of hydrogen-bond donors (Lipinski definition) is 4. The molecule has 7 nitrogen and oxygen atoms in total. The molecule has 0 fully saturated rings. The van der Waals surface area contributed by atoms with Gasteiger partial charge in [-0.1, -0.05) is 18.2 Å². The lowest BCUT2D eigenvalue weighted by atomic mass is 10.1. The maximum atomic E-state index is 11.0. The van der Waals surface area contributed by atoms with Crippen LogP contribution in [0, 0.1) is 0 Å². The number of nitrogens with two attached hydrogens (primary N) is 1. The summed E-state index contributed by atoms with van der Waals surface area (Å²) in [5.74, 6) is -0.674. The Kier molecular flexibility index (Phi) is 4.41. The molecule has 0 saturated heterocycles. The lowest BCUT2D eigenvalue weighted by molar-refractivity contribution is 0.0697. The smallest absolute Gasteiger partial charge is 0.335 e. The zero-order valence-corrected chi connectivity index (χ0v) is 11.5. The summed E-state index contributed by atoms with van der Waals surface area (Å²) in [7, 11) is 0. The number of aromatic carboxylic acids is 1. The van der Waals surface area contributed by atoms with Crippen molar-refractivity contribution in [3.8, 4) is 11.5 Å². The summed E-state index contributed by atoms with van der Waals surface area (Å²) >= 11 is -2.39. The van der Waals surface area contributed by atoms with Crippen molar-refractivity contribution in [3.05, 3.63) is 48.0 Å². The Hall–Kier alpha value is -2.58. The fraction of sp³-hybridized carbons (Fsp3) is 0. The van der Waals surface area contributed by atoms with Gasteiger partial charge in [0.1, 0.15) is 5.75 Å². The third-order valence-electron chi connectivity index (χ3n) is 2.52. The van der Waals surface area contributed by atoms with E-state index in [-0.39, 0.29) is 22.7 Å².